The summed E-state index contributed by atoms with van der Waals surface area (Å²) in [4.78, 5) is 3.08. The molecule has 0 saturated heterocycles. The van der Waals surface area contributed by atoms with Crippen LogP contribution in [-0.4, -0.2) is 25.3 Å². The molecule has 0 fully saturated rings. The predicted octanol–water partition coefficient (Wildman–Crippen LogP) is 3.98. The summed E-state index contributed by atoms with van der Waals surface area (Å²) in [7, 11) is -4.41. The molecule has 2 aromatic rings. The van der Waals surface area contributed by atoms with E-state index in [4.69, 9.17) is 5.53 Å². The van der Waals surface area contributed by atoms with Crippen LogP contribution in [0.4, 0.5) is 0 Å². The molecule has 6 nitrogen and oxygen atoms in total. The number of nitrogens with zero attached hydrogens (tertiary/aromatic N) is 2. The van der Waals surface area contributed by atoms with Crippen LogP contribution in [-0.2, 0) is 15.5 Å². The molecular formula is C16H15Br2N3O3S. The van der Waals surface area contributed by atoms with Gasteiger partial charge in [-0.1, -0.05) is 56.1 Å². The fourth-order valence-electron chi connectivity index (χ4n) is 2.74. The molecule has 1 N–H and O–H groups in total. The van der Waals surface area contributed by atoms with Gasteiger partial charge in [-0.2, -0.15) is 0 Å². The third-order valence-corrected chi connectivity index (χ3v) is 5.64. The fourth-order valence-corrected chi connectivity index (χ4v) is 4.14. The summed E-state index contributed by atoms with van der Waals surface area (Å²) in [5.74, 6) is -0.542. The van der Waals surface area contributed by atoms with Gasteiger partial charge in [-0.3, -0.25) is 0 Å². The zero-order valence-corrected chi connectivity index (χ0v) is 17.0. The third-order valence-electron chi connectivity index (χ3n) is 3.94. The lowest BCUT2D eigenvalue weighted by molar-refractivity contribution is 0.441. The van der Waals surface area contributed by atoms with Gasteiger partial charge in [0, 0.05) is 20.1 Å². The van der Waals surface area contributed by atoms with Crippen molar-refractivity contribution >= 4 is 42.0 Å². The molecule has 2 rings (SSSR count). The maximum Gasteiger partial charge on any atom is 0.214 e. The molecule has 0 radical (unpaired) electrons. The molecule has 0 heterocycles. The van der Waals surface area contributed by atoms with Crippen LogP contribution in [0.5, 0.6) is 0 Å². The fraction of sp³-hybridized carbons (Fsp3) is 0.250. The molecule has 132 valence electrons. The van der Waals surface area contributed by atoms with E-state index < -0.39 is 21.3 Å². The lowest BCUT2D eigenvalue weighted by Gasteiger charge is -2.32. The molecule has 2 aromatic carbocycles. The second-order valence-corrected chi connectivity index (χ2v) is 8.87. The van der Waals surface area contributed by atoms with Gasteiger partial charge in [-0.25, -0.2) is 8.42 Å². The Morgan fingerprint density at radius 2 is 1.60 bits per heavy atom. The molecule has 0 spiro atoms. The summed E-state index contributed by atoms with van der Waals surface area (Å²) in [6.07, 6.45) is 0.0325. The first-order chi connectivity index (χ1) is 11.8. The number of hydrogen-bond acceptors (Lipinski definition) is 5. The number of halogens is 2. The van der Waals surface area contributed by atoms with Gasteiger partial charge in [-0.05, 0) is 41.8 Å². The Morgan fingerprint density at radius 1 is 1.08 bits per heavy atom. The zero-order valence-electron chi connectivity index (χ0n) is 13.0. The van der Waals surface area contributed by atoms with Crippen molar-refractivity contribution in [3.05, 3.63) is 68.6 Å². The first-order valence-corrected chi connectivity index (χ1v) is 10.4. The minimum absolute atomic E-state index is 0.0325. The van der Waals surface area contributed by atoms with Crippen LogP contribution in [0.2, 0.25) is 0 Å². The minimum Gasteiger partial charge on any atom is -0.748 e. The van der Waals surface area contributed by atoms with Crippen LogP contribution in [0.25, 0.3) is 0 Å². The van der Waals surface area contributed by atoms with Gasteiger partial charge in [0.25, 0.3) is 0 Å². The standard InChI is InChI=1S/C16H15Br2N3O3S/c17-14-5-1-3-12(9-14)16(11-20-21-19,7-8-25(22,23)24)13-4-2-6-15(18)10-13/h1-6,9-10,19H,7-8,11H2. The predicted molar refractivity (Wildman–Crippen MR) is 100 cm³/mol. The van der Waals surface area contributed by atoms with Crippen LogP contribution < -0.4 is 4.91 Å². The summed E-state index contributed by atoms with van der Waals surface area (Å²) in [6.45, 7) is 0.0545. The lowest BCUT2D eigenvalue weighted by atomic mass is 9.72. The van der Waals surface area contributed by atoms with E-state index in [1.807, 2.05) is 48.5 Å². The highest BCUT2D eigenvalue weighted by Gasteiger charge is 2.37. The Kier molecular flexibility index (Phi) is 6.65. The van der Waals surface area contributed by atoms with Crippen LogP contribution in [0.1, 0.15) is 17.5 Å². The van der Waals surface area contributed by atoms with Gasteiger partial charge in [-0.15, -0.1) is 0 Å². The van der Waals surface area contributed by atoms with Crippen molar-refractivity contribution in [1.29, 1.82) is 5.53 Å². The van der Waals surface area contributed by atoms with Gasteiger partial charge < -0.3 is 4.55 Å². The molecule has 0 saturated carbocycles. The quantitative estimate of drug-likeness (QED) is 0.361. The third kappa shape index (κ3) is 5.29. The van der Waals surface area contributed by atoms with Crippen LogP contribution in [0.15, 0.2) is 62.6 Å². The highest BCUT2D eigenvalue weighted by atomic mass is 79.9. The second-order valence-electron chi connectivity index (χ2n) is 5.51. The highest BCUT2D eigenvalue weighted by molar-refractivity contribution is 9.10. The topological polar surface area (TPSA) is 108 Å². The van der Waals surface area contributed by atoms with Crippen molar-refractivity contribution in [3.8, 4) is 0 Å². The average Bonchev–Trinajstić information content (AvgIpc) is 2.54. The van der Waals surface area contributed by atoms with Crippen molar-refractivity contribution < 1.29 is 13.0 Å². The number of rotatable bonds is 7. The van der Waals surface area contributed by atoms with Crippen LogP contribution in [0.3, 0.4) is 0 Å². The summed E-state index contributed by atoms with van der Waals surface area (Å²) < 4.78 is 35.5. The van der Waals surface area contributed by atoms with Gasteiger partial charge in [0.2, 0.25) is 4.91 Å². The number of hydrogen-bond donors (Lipinski definition) is 1. The Balaban J connectivity index is 2.70. The summed E-state index contributed by atoms with van der Waals surface area (Å²) in [5, 5.41) is 3.82. The van der Waals surface area contributed by atoms with Crippen molar-refractivity contribution in [2.75, 3.05) is 12.3 Å². The average molecular weight is 489 g/mol. The summed E-state index contributed by atoms with van der Waals surface area (Å²) >= 11 is 6.84. The molecule has 25 heavy (non-hydrogen) atoms. The maximum absolute atomic E-state index is 11.3. The SMILES string of the molecule is N=[N+]=NCC(CCS(=O)(=O)[O-])(c1cccc(Br)c1)c1cccc(Br)c1. The van der Waals surface area contributed by atoms with Crippen LogP contribution in [0, 0.1) is 5.53 Å². The molecule has 9 heteroatoms. The molecular weight excluding hydrogens is 474 g/mol. The Labute approximate surface area is 162 Å². The maximum atomic E-state index is 11.3. The van der Waals surface area contributed by atoms with Gasteiger partial charge in [0.15, 0.2) is 0 Å². The Hall–Kier alpha value is -1.38. The van der Waals surface area contributed by atoms with Crippen molar-refractivity contribution in [2.24, 2.45) is 5.11 Å². The van der Waals surface area contributed by atoms with Gasteiger partial charge in [0.05, 0.1) is 10.1 Å². The smallest absolute Gasteiger partial charge is 0.214 e. The van der Waals surface area contributed by atoms with E-state index in [0.717, 1.165) is 20.1 Å². The minimum atomic E-state index is -4.41. The largest absolute Gasteiger partial charge is 0.748 e. The van der Waals surface area contributed by atoms with Crippen molar-refractivity contribution in [1.82, 2.24) is 4.91 Å². The summed E-state index contributed by atoms with van der Waals surface area (Å²) in [5.41, 5.74) is 7.69. The molecule has 0 aliphatic carbocycles. The first kappa shape index (κ1) is 19.9. The Morgan fingerprint density at radius 3 is 2.00 bits per heavy atom. The van der Waals surface area contributed by atoms with E-state index in [1.54, 1.807) is 0 Å². The Bertz CT molecular complexity index is 867. The molecule has 0 atom stereocenters. The highest BCUT2D eigenvalue weighted by Crippen LogP contribution is 2.38. The van der Waals surface area contributed by atoms with E-state index in [0.29, 0.717) is 0 Å². The zero-order chi connectivity index (χ0) is 18.5. The second kappa shape index (κ2) is 8.33. The van der Waals surface area contributed by atoms with Gasteiger partial charge in [0.1, 0.15) is 17.2 Å². The lowest BCUT2D eigenvalue weighted by Crippen LogP contribution is -2.34. The molecule has 0 amide bonds. The van der Waals surface area contributed by atoms with E-state index in [-0.39, 0.29) is 13.0 Å². The van der Waals surface area contributed by atoms with E-state index in [1.165, 1.54) is 0 Å². The molecule has 0 unspecified atom stereocenters. The van der Waals surface area contributed by atoms with Crippen molar-refractivity contribution in [3.63, 3.8) is 0 Å². The molecule has 0 aliphatic heterocycles. The normalized spacial score (nSPS) is 11.8. The van der Waals surface area contributed by atoms with E-state index in [2.05, 4.69) is 41.9 Å². The van der Waals surface area contributed by atoms with Crippen LogP contribution >= 0.6 is 31.9 Å². The first-order valence-electron chi connectivity index (χ1n) is 7.26. The van der Waals surface area contributed by atoms with E-state index in [9.17, 15) is 13.0 Å². The van der Waals surface area contributed by atoms with E-state index >= 15 is 0 Å². The monoisotopic (exact) mass is 487 g/mol. The molecule has 0 bridgehead atoms. The molecule has 0 aromatic heterocycles. The van der Waals surface area contributed by atoms with Gasteiger partial charge >= 0.3 is 0 Å². The molecule has 0 aliphatic rings. The number of nitrogens with one attached hydrogen (secondary N) is 1. The van der Waals surface area contributed by atoms with Crippen molar-refractivity contribution in [2.45, 2.75) is 11.8 Å². The summed E-state index contributed by atoms with van der Waals surface area (Å²) in [6, 6.07) is 14.8. The number of benzene rings is 2.